The van der Waals surface area contributed by atoms with Crippen molar-refractivity contribution >= 4 is 5.97 Å². The molecule has 1 rings (SSSR count). The van der Waals surface area contributed by atoms with Gasteiger partial charge in [0.15, 0.2) is 0 Å². The predicted octanol–water partition coefficient (Wildman–Crippen LogP) is 4.00. The third-order valence-electron chi connectivity index (χ3n) is 2.66. The highest BCUT2D eigenvalue weighted by molar-refractivity contribution is 5.88. The molecule has 0 N–H and O–H groups in total. The van der Waals surface area contributed by atoms with Crippen LogP contribution in [0.2, 0.25) is 0 Å². The van der Waals surface area contributed by atoms with Crippen LogP contribution in [0.1, 0.15) is 55.8 Å². The van der Waals surface area contributed by atoms with E-state index in [1.165, 1.54) is 25.7 Å². The van der Waals surface area contributed by atoms with Crippen molar-refractivity contribution in [2.75, 3.05) is 6.61 Å². The van der Waals surface area contributed by atoms with Crippen molar-refractivity contribution in [1.29, 1.82) is 0 Å². The van der Waals surface area contributed by atoms with E-state index in [1.807, 2.05) is 12.1 Å². The minimum Gasteiger partial charge on any atom is -0.462 e. The SMILES string of the molecule is CCCCCCCCOC(=O)c1[c]cccc1. The Morgan fingerprint density at radius 1 is 1.18 bits per heavy atom. The second kappa shape index (κ2) is 8.80. The van der Waals surface area contributed by atoms with Gasteiger partial charge in [0, 0.05) is 0 Å². The van der Waals surface area contributed by atoms with Gasteiger partial charge in [0.2, 0.25) is 0 Å². The van der Waals surface area contributed by atoms with Gasteiger partial charge in [-0.2, -0.15) is 0 Å². The highest BCUT2D eigenvalue weighted by Gasteiger charge is 2.05. The summed E-state index contributed by atoms with van der Waals surface area (Å²) in [5, 5.41) is 0. The molecular weight excluding hydrogens is 212 g/mol. The number of ether oxygens (including phenoxy) is 1. The molecule has 0 spiro atoms. The molecule has 1 aromatic rings. The lowest BCUT2D eigenvalue weighted by molar-refractivity contribution is 0.0497. The zero-order valence-electron chi connectivity index (χ0n) is 10.6. The molecule has 0 saturated heterocycles. The van der Waals surface area contributed by atoms with Gasteiger partial charge in [0.1, 0.15) is 0 Å². The highest BCUT2D eigenvalue weighted by Crippen LogP contribution is 2.06. The summed E-state index contributed by atoms with van der Waals surface area (Å²) in [5.74, 6) is -0.265. The van der Waals surface area contributed by atoms with Crippen molar-refractivity contribution in [3.8, 4) is 0 Å². The number of carbonyl (C=O) groups is 1. The molecule has 2 heteroatoms. The molecule has 0 amide bonds. The van der Waals surface area contributed by atoms with Crippen LogP contribution in [0.25, 0.3) is 0 Å². The first-order chi connectivity index (χ1) is 8.34. The molecule has 0 aliphatic heterocycles. The lowest BCUT2D eigenvalue weighted by atomic mass is 10.1. The molecule has 93 valence electrons. The third-order valence-corrected chi connectivity index (χ3v) is 2.66. The maximum absolute atomic E-state index is 11.5. The zero-order valence-corrected chi connectivity index (χ0v) is 10.6. The van der Waals surface area contributed by atoms with Gasteiger partial charge < -0.3 is 4.74 Å². The van der Waals surface area contributed by atoms with Crippen LogP contribution >= 0.6 is 0 Å². The first kappa shape index (κ1) is 13.8. The van der Waals surface area contributed by atoms with Crippen molar-refractivity contribution in [2.24, 2.45) is 0 Å². The Bertz CT molecular complexity index is 306. The van der Waals surface area contributed by atoms with Gasteiger partial charge in [-0.3, -0.25) is 0 Å². The van der Waals surface area contributed by atoms with Crippen LogP contribution in [0.3, 0.4) is 0 Å². The molecule has 0 atom stereocenters. The van der Waals surface area contributed by atoms with Gasteiger partial charge in [0.25, 0.3) is 0 Å². The molecule has 0 aliphatic carbocycles. The van der Waals surface area contributed by atoms with E-state index in [0.717, 1.165) is 12.8 Å². The summed E-state index contributed by atoms with van der Waals surface area (Å²) in [6.07, 6.45) is 7.20. The quantitative estimate of drug-likeness (QED) is 0.501. The van der Waals surface area contributed by atoms with Gasteiger partial charge in [-0.25, -0.2) is 4.79 Å². The second-order valence-electron chi connectivity index (χ2n) is 4.18. The standard InChI is InChI=1S/C15H21O2/c1-2-3-4-5-6-10-13-17-15(16)14-11-8-7-9-12-14/h7-9,11H,2-6,10,13H2,1H3. The Balaban J connectivity index is 2.05. The molecule has 17 heavy (non-hydrogen) atoms. The van der Waals surface area contributed by atoms with E-state index in [1.54, 1.807) is 12.1 Å². The molecule has 1 aromatic carbocycles. The summed E-state index contributed by atoms with van der Waals surface area (Å²) in [5.41, 5.74) is 0.512. The molecular formula is C15H21O2. The highest BCUT2D eigenvalue weighted by atomic mass is 16.5. The van der Waals surface area contributed by atoms with E-state index < -0.39 is 0 Å². The van der Waals surface area contributed by atoms with E-state index in [0.29, 0.717) is 12.2 Å². The zero-order chi connectivity index (χ0) is 12.3. The van der Waals surface area contributed by atoms with E-state index in [4.69, 9.17) is 4.74 Å². The molecule has 0 aromatic heterocycles. The summed E-state index contributed by atoms with van der Waals surface area (Å²) in [4.78, 5) is 11.5. The maximum Gasteiger partial charge on any atom is 0.338 e. The van der Waals surface area contributed by atoms with Crippen LogP contribution < -0.4 is 0 Å². The van der Waals surface area contributed by atoms with Gasteiger partial charge >= 0.3 is 5.97 Å². The largest absolute Gasteiger partial charge is 0.462 e. The molecule has 0 heterocycles. The maximum atomic E-state index is 11.5. The molecule has 0 aliphatic rings. The number of benzene rings is 1. The monoisotopic (exact) mass is 233 g/mol. The molecule has 2 nitrogen and oxygen atoms in total. The van der Waals surface area contributed by atoms with E-state index in [2.05, 4.69) is 13.0 Å². The number of rotatable bonds is 8. The van der Waals surface area contributed by atoms with Crippen LogP contribution in [0.5, 0.6) is 0 Å². The van der Waals surface area contributed by atoms with Crippen LogP contribution in [-0.4, -0.2) is 12.6 Å². The van der Waals surface area contributed by atoms with Crippen molar-refractivity contribution in [3.63, 3.8) is 0 Å². The lowest BCUT2D eigenvalue weighted by Crippen LogP contribution is -2.06. The summed E-state index contributed by atoms with van der Waals surface area (Å²) in [7, 11) is 0. The van der Waals surface area contributed by atoms with Crippen LogP contribution in [-0.2, 0) is 4.74 Å². The number of carbonyl (C=O) groups excluding carboxylic acids is 1. The van der Waals surface area contributed by atoms with E-state index in [9.17, 15) is 4.79 Å². The Labute approximate surface area is 104 Å². The van der Waals surface area contributed by atoms with Crippen LogP contribution in [0.4, 0.5) is 0 Å². The minimum absolute atomic E-state index is 0.265. The van der Waals surface area contributed by atoms with E-state index >= 15 is 0 Å². The van der Waals surface area contributed by atoms with Gasteiger partial charge in [-0.05, 0) is 18.6 Å². The number of unbranched alkanes of at least 4 members (excludes halogenated alkanes) is 5. The fourth-order valence-electron chi connectivity index (χ4n) is 1.65. The summed E-state index contributed by atoms with van der Waals surface area (Å²) in [6.45, 7) is 2.73. The number of hydrogen-bond acceptors (Lipinski definition) is 2. The first-order valence-corrected chi connectivity index (χ1v) is 6.48. The first-order valence-electron chi connectivity index (χ1n) is 6.48. The predicted molar refractivity (Wildman–Crippen MR) is 68.9 cm³/mol. The molecule has 0 unspecified atom stereocenters. The lowest BCUT2D eigenvalue weighted by Gasteiger charge is -2.04. The Morgan fingerprint density at radius 3 is 2.65 bits per heavy atom. The van der Waals surface area contributed by atoms with Crippen LogP contribution in [0.15, 0.2) is 24.3 Å². The van der Waals surface area contributed by atoms with Gasteiger partial charge in [0.05, 0.1) is 12.2 Å². The van der Waals surface area contributed by atoms with E-state index in [-0.39, 0.29) is 5.97 Å². The Hall–Kier alpha value is -1.31. The summed E-state index contributed by atoms with van der Waals surface area (Å²) >= 11 is 0. The van der Waals surface area contributed by atoms with Crippen molar-refractivity contribution in [3.05, 3.63) is 35.9 Å². The molecule has 1 radical (unpaired) electrons. The normalized spacial score (nSPS) is 10.2. The second-order valence-corrected chi connectivity index (χ2v) is 4.18. The molecule has 0 fully saturated rings. The minimum atomic E-state index is -0.265. The van der Waals surface area contributed by atoms with Gasteiger partial charge in [-0.15, -0.1) is 0 Å². The van der Waals surface area contributed by atoms with Gasteiger partial charge in [-0.1, -0.05) is 57.2 Å². The topological polar surface area (TPSA) is 26.3 Å². The molecule has 0 bridgehead atoms. The Kier molecular flexibility index (Phi) is 7.12. The van der Waals surface area contributed by atoms with Crippen molar-refractivity contribution < 1.29 is 9.53 Å². The molecule has 0 saturated carbocycles. The van der Waals surface area contributed by atoms with Crippen molar-refractivity contribution in [2.45, 2.75) is 45.4 Å². The summed E-state index contributed by atoms with van der Waals surface area (Å²) in [6, 6.07) is 9.97. The van der Waals surface area contributed by atoms with Crippen molar-refractivity contribution in [1.82, 2.24) is 0 Å². The average molecular weight is 233 g/mol. The Morgan fingerprint density at radius 2 is 1.94 bits per heavy atom. The number of esters is 1. The average Bonchev–Trinajstić information content (AvgIpc) is 2.38. The van der Waals surface area contributed by atoms with Crippen LogP contribution in [0, 0.1) is 6.07 Å². The smallest absolute Gasteiger partial charge is 0.338 e. The fourth-order valence-corrected chi connectivity index (χ4v) is 1.65. The fraction of sp³-hybridized carbons (Fsp3) is 0.533. The third kappa shape index (κ3) is 6.10. The summed E-state index contributed by atoms with van der Waals surface area (Å²) < 4.78 is 5.16. The number of hydrogen-bond donors (Lipinski definition) is 0.